The number of amides is 1. The molecule has 0 fully saturated rings. The van der Waals surface area contributed by atoms with Crippen molar-refractivity contribution in [3.63, 3.8) is 0 Å². The van der Waals surface area contributed by atoms with Crippen LogP contribution in [-0.2, 0) is 17.6 Å². The van der Waals surface area contributed by atoms with E-state index in [1.807, 2.05) is 0 Å². The first kappa shape index (κ1) is 17.2. The molecule has 5 nitrogen and oxygen atoms in total. The summed E-state index contributed by atoms with van der Waals surface area (Å²) in [6, 6.07) is 3.99. The molecule has 1 N–H and O–H groups in total. The van der Waals surface area contributed by atoms with E-state index >= 15 is 0 Å². The van der Waals surface area contributed by atoms with E-state index in [0.29, 0.717) is 11.6 Å². The monoisotopic (exact) mass is 391 g/mol. The molecule has 2 heterocycles. The second kappa shape index (κ2) is 7.17. The minimum Gasteiger partial charge on any atom is -0.467 e. The molecule has 1 aliphatic carbocycles. The predicted octanol–water partition coefficient (Wildman–Crippen LogP) is 4.38. The van der Waals surface area contributed by atoms with Gasteiger partial charge >= 0.3 is 0 Å². The van der Waals surface area contributed by atoms with Crippen LogP contribution in [0.3, 0.4) is 0 Å². The summed E-state index contributed by atoms with van der Waals surface area (Å²) in [5, 5.41) is 3.50. The van der Waals surface area contributed by atoms with Gasteiger partial charge < -0.3 is 10.1 Å². The van der Waals surface area contributed by atoms with Gasteiger partial charge in [-0.05, 0) is 49.4 Å². The number of thiophene rings is 1. The quantitative estimate of drug-likeness (QED) is 0.716. The van der Waals surface area contributed by atoms with Crippen LogP contribution in [0.15, 0.2) is 24.5 Å². The Morgan fingerprint density at radius 1 is 1.31 bits per heavy atom. The van der Waals surface area contributed by atoms with Gasteiger partial charge in [-0.1, -0.05) is 11.6 Å². The van der Waals surface area contributed by atoms with Crippen molar-refractivity contribution in [3.05, 3.63) is 45.8 Å². The lowest BCUT2D eigenvalue weighted by atomic mass is 9.97. The summed E-state index contributed by atoms with van der Waals surface area (Å²) in [6.45, 7) is -0.203. The minimum atomic E-state index is -0.536. The molecule has 0 unspecified atom stereocenters. The van der Waals surface area contributed by atoms with Gasteiger partial charge in [-0.25, -0.2) is 14.4 Å². The van der Waals surface area contributed by atoms with Gasteiger partial charge in [0.1, 0.15) is 17.0 Å². The number of aryl methyl sites for hydroxylation is 2. The second-order valence-corrected chi connectivity index (χ2v) is 7.53. The third-order valence-electron chi connectivity index (χ3n) is 4.26. The number of ether oxygens (including phenoxy) is 1. The summed E-state index contributed by atoms with van der Waals surface area (Å²) >= 11 is 7.39. The number of hydrogen-bond donors (Lipinski definition) is 1. The molecule has 0 saturated heterocycles. The molecule has 3 aromatic rings. The number of anilines is 1. The highest BCUT2D eigenvalue weighted by Crippen LogP contribution is 2.38. The molecule has 134 valence electrons. The first-order valence-electron chi connectivity index (χ1n) is 8.25. The van der Waals surface area contributed by atoms with Crippen LogP contribution < -0.4 is 10.1 Å². The Bertz CT molecular complexity index is 992. The summed E-state index contributed by atoms with van der Waals surface area (Å²) in [6.07, 6.45) is 5.82. The normalized spacial score (nSPS) is 13.5. The van der Waals surface area contributed by atoms with E-state index in [2.05, 4.69) is 15.3 Å². The Kier molecular flexibility index (Phi) is 4.74. The fraction of sp³-hybridized carbons (Fsp3) is 0.278. The first-order chi connectivity index (χ1) is 12.6. The van der Waals surface area contributed by atoms with Gasteiger partial charge in [0.2, 0.25) is 5.88 Å². The lowest BCUT2D eigenvalue weighted by Crippen LogP contribution is -2.20. The fourth-order valence-electron chi connectivity index (χ4n) is 3.08. The van der Waals surface area contributed by atoms with Crippen molar-refractivity contribution in [2.75, 3.05) is 11.9 Å². The lowest BCUT2D eigenvalue weighted by molar-refractivity contribution is -0.118. The maximum absolute atomic E-state index is 13.2. The number of hydrogen-bond acceptors (Lipinski definition) is 5. The van der Waals surface area contributed by atoms with E-state index in [-0.39, 0.29) is 17.5 Å². The van der Waals surface area contributed by atoms with Crippen molar-refractivity contribution in [3.8, 4) is 5.88 Å². The topological polar surface area (TPSA) is 64.1 Å². The molecule has 1 amide bonds. The maximum atomic E-state index is 13.2. The van der Waals surface area contributed by atoms with Gasteiger partial charge in [-0.15, -0.1) is 11.3 Å². The zero-order chi connectivity index (χ0) is 18.1. The average molecular weight is 392 g/mol. The molecular weight excluding hydrogens is 377 g/mol. The third-order valence-corrected chi connectivity index (χ3v) is 5.75. The van der Waals surface area contributed by atoms with Gasteiger partial charge in [0.05, 0.1) is 10.4 Å². The number of carbonyl (C=O) groups is 1. The highest BCUT2D eigenvalue weighted by atomic mass is 35.5. The van der Waals surface area contributed by atoms with Gasteiger partial charge in [0.15, 0.2) is 6.61 Å². The van der Waals surface area contributed by atoms with Crippen molar-refractivity contribution < 1.29 is 13.9 Å². The molecule has 26 heavy (non-hydrogen) atoms. The van der Waals surface area contributed by atoms with Gasteiger partial charge in [-0.3, -0.25) is 4.79 Å². The number of nitrogens with one attached hydrogen (secondary N) is 1. The van der Waals surface area contributed by atoms with Crippen LogP contribution in [0.5, 0.6) is 5.88 Å². The van der Waals surface area contributed by atoms with E-state index in [9.17, 15) is 9.18 Å². The molecule has 1 aromatic carbocycles. The lowest BCUT2D eigenvalue weighted by Gasteiger charge is -2.12. The molecule has 1 aliphatic rings. The van der Waals surface area contributed by atoms with Crippen LogP contribution in [0.1, 0.15) is 23.3 Å². The van der Waals surface area contributed by atoms with Crippen LogP contribution in [-0.4, -0.2) is 22.5 Å². The largest absolute Gasteiger partial charge is 0.467 e. The van der Waals surface area contributed by atoms with Crippen LogP contribution in [0.25, 0.3) is 10.2 Å². The smallest absolute Gasteiger partial charge is 0.262 e. The average Bonchev–Trinajstić information content (AvgIpc) is 3.02. The number of benzene rings is 1. The van der Waals surface area contributed by atoms with Crippen LogP contribution in [0.4, 0.5) is 10.1 Å². The zero-order valence-corrected chi connectivity index (χ0v) is 15.3. The van der Waals surface area contributed by atoms with Crippen molar-refractivity contribution in [1.82, 2.24) is 9.97 Å². The van der Waals surface area contributed by atoms with Crippen molar-refractivity contribution in [1.29, 1.82) is 0 Å². The van der Waals surface area contributed by atoms with Crippen molar-refractivity contribution in [2.45, 2.75) is 25.7 Å². The highest BCUT2D eigenvalue weighted by molar-refractivity contribution is 7.18. The molecule has 0 spiro atoms. The summed E-state index contributed by atoms with van der Waals surface area (Å²) in [7, 11) is 0. The molecule has 2 aromatic heterocycles. The Balaban J connectivity index is 1.50. The standard InChI is InChI=1S/C18H15ClFN3O2S/c19-12-7-10(5-6-13(12)20)23-15(24)8-25-17-16-11-3-1-2-4-14(11)26-18(16)22-9-21-17/h5-7,9H,1-4,8H2,(H,23,24). The number of aromatic nitrogens is 2. The third kappa shape index (κ3) is 3.37. The molecule has 0 radical (unpaired) electrons. The van der Waals surface area contributed by atoms with Gasteiger partial charge in [0, 0.05) is 10.6 Å². The number of carbonyl (C=O) groups excluding carboxylic acids is 1. The summed E-state index contributed by atoms with van der Waals surface area (Å²) in [5.41, 5.74) is 1.66. The van der Waals surface area contributed by atoms with E-state index in [0.717, 1.165) is 29.5 Å². The van der Waals surface area contributed by atoms with Crippen molar-refractivity contribution >= 4 is 44.7 Å². The van der Waals surface area contributed by atoms with Gasteiger partial charge in [0.25, 0.3) is 5.91 Å². The second-order valence-electron chi connectivity index (χ2n) is 6.04. The molecule has 0 aliphatic heterocycles. The van der Waals surface area contributed by atoms with E-state index < -0.39 is 5.82 Å². The maximum Gasteiger partial charge on any atom is 0.262 e. The first-order valence-corrected chi connectivity index (χ1v) is 9.44. The minimum absolute atomic E-state index is 0.0499. The number of rotatable bonds is 4. The molecular formula is C18H15ClFN3O2S. The summed E-state index contributed by atoms with van der Waals surface area (Å²) in [5.74, 6) is -0.475. The van der Waals surface area contributed by atoms with Gasteiger partial charge in [-0.2, -0.15) is 0 Å². The molecule has 0 bridgehead atoms. The number of fused-ring (bicyclic) bond motifs is 3. The number of halogens is 2. The van der Waals surface area contributed by atoms with Crippen LogP contribution in [0.2, 0.25) is 5.02 Å². The van der Waals surface area contributed by atoms with Crippen LogP contribution in [0, 0.1) is 5.82 Å². The fourth-order valence-corrected chi connectivity index (χ4v) is 4.48. The Labute approximate surface area is 158 Å². The summed E-state index contributed by atoms with van der Waals surface area (Å²) < 4.78 is 18.8. The van der Waals surface area contributed by atoms with E-state index in [4.69, 9.17) is 16.3 Å². The molecule has 0 atom stereocenters. The van der Waals surface area contributed by atoms with Crippen LogP contribution >= 0.6 is 22.9 Å². The van der Waals surface area contributed by atoms with Crippen molar-refractivity contribution in [2.24, 2.45) is 0 Å². The molecule has 0 saturated carbocycles. The Morgan fingerprint density at radius 3 is 3.00 bits per heavy atom. The zero-order valence-electron chi connectivity index (χ0n) is 13.7. The predicted molar refractivity (Wildman–Crippen MR) is 99.6 cm³/mol. The SMILES string of the molecule is O=C(COc1ncnc2sc3c(c12)CCCC3)Nc1ccc(F)c(Cl)c1. The number of nitrogens with zero attached hydrogens (tertiary/aromatic N) is 2. The molecule has 4 rings (SSSR count). The highest BCUT2D eigenvalue weighted by Gasteiger charge is 2.21. The molecule has 8 heteroatoms. The summed E-state index contributed by atoms with van der Waals surface area (Å²) in [4.78, 5) is 22.9. The Hall–Kier alpha value is -2.25. The Morgan fingerprint density at radius 2 is 2.15 bits per heavy atom. The van der Waals surface area contributed by atoms with E-state index in [1.165, 1.54) is 41.4 Å². The van der Waals surface area contributed by atoms with E-state index in [1.54, 1.807) is 11.3 Å².